The van der Waals surface area contributed by atoms with E-state index in [4.69, 9.17) is 4.74 Å². The first-order valence-corrected chi connectivity index (χ1v) is 11.4. The van der Waals surface area contributed by atoms with Crippen LogP contribution in [0.25, 0.3) is 0 Å². The van der Waals surface area contributed by atoms with Gasteiger partial charge in [-0.15, -0.1) is 0 Å². The van der Waals surface area contributed by atoms with Crippen molar-refractivity contribution in [3.05, 3.63) is 65.2 Å². The Hall–Kier alpha value is -2.82. The number of hydrogen-bond donors (Lipinski definition) is 1. The van der Waals surface area contributed by atoms with Crippen molar-refractivity contribution in [2.45, 2.75) is 78.9 Å². The summed E-state index contributed by atoms with van der Waals surface area (Å²) >= 11 is 0. The van der Waals surface area contributed by atoms with Gasteiger partial charge in [-0.3, -0.25) is 9.59 Å². The number of hydrogen-bond acceptors (Lipinski definition) is 3. The van der Waals surface area contributed by atoms with Gasteiger partial charge in [-0.2, -0.15) is 0 Å². The van der Waals surface area contributed by atoms with Gasteiger partial charge in [0, 0.05) is 12.6 Å². The van der Waals surface area contributed by atoms with Crippen molar-refractivity contribution in [3.63, 3.8) is 0 Å². The van der Waals surface area contributed by atoms with Crippen LogP contribution in [0.2, 0.25) is 0 Å². The predicted octanol–water partition coefficient (Wildman–Crippen LogP) is 5.00. The molecule has 0 aliphatic rings. The van der Waals surface area contributed by atoms with E-state index >= 15 is 0 Å². The van der Waals surface area contributed by atoms with Crippen LogP contribution in [-0.2, 0) is 21.5 Å². The standard InChI is InChI=1S/C27H38N2O3/c1-8-20(3)28-26(31)21(4)29(17-22-11-9-19(2)10-12-22)25(30)18-32-24-15-13-23(14-16-24)27(5,6)7/h9-16,20-21H,8,17-18H2,1-7H3,(H,28,31). The molecule has 0 bridgehead atoms. The van der Waals surface area contributed by atoms with E-state index in [1.54, 1.807) is 11.8 Å². The molecule has 2 rings (SSSR count). The smallest absolute Gasteiger partial charge is 0.261 e. The molecule has 1 N–H and O–H groups in total. The lowest BCUT2D eigenvalue weighted by Gasteiger charge is -2.29. The van der Waals surface area contributed by atoms with Crippen LogP contribution in [-0.4, -0.2) is 35.4 Å². The molecule has 0 heterocycles. The Kier molecular flexibility index (Phi) is 8.88. The first kappa shape index (κ1) is 25.4. The van der Waals surface area contributed by atoms with Crippen molar-refractivity contribution in [1.29, 1.82) is 0 Å². The Morgan fingerprint density at radius 3 is 2.12 bits per heavy atom. The summed E-state index contributed by atoms with van der Waals surface area (Å²) in [6.45, 7) is 14.5. The highest BCUT2D eigenvalue weighted by Gasteiger charge is 2.27. The molecule has 0 radical (unpaired) electrons. The summed E-state index contributed by atoms with van der Waals surface area (Å²) in [5, 5.41) is 2.98. The van der Waals surface area contributed by atoms with Crippen LogP contribution in [0, 0.1) is 6.92 Å². The third-order valence-corrected chi connectivity index (χ3v) is 5.72. The summed E-state index contributed by atoms with van der Waals surface area (Å²) in [6.07, 6.45) is 0.831. The van der Waals surface area contributed by atoms with E-state index in [0.29, 0.717) is 12.3 Å². The summed E-state index contributed by atoms with van der Waals surface area (Å²) in [4.78, 5) is 27.5. The third kappa shape index (κ3) is 7.40. The molecule has 0 saturated heterocycles. The minimum Gasteiger partial charge on any atom is -0.484 e. The Balaban J connectivity index is 2.13. The van der Waals surface area contributed by atoms with Gasteiger partial charge in [-0.1, -0.05) is 69.7 Å². The lowest BCUT2D eigenvalue weighted by atomic mass is 9.87. The molecule has 0 aromatic heterocycles. The molecule has 2 aromatic carbocycles. The topological polar surface area (TPSA) is 58.6 Å². The van der Waals surface area contributed by atoms with Crippen molar-refractivity contribution in [2.75, 3.05) is 6.61 Å². The molecule has 0 aliphatic carbocycles. The van der Waals surface area contributed by atoms with Crippen LogP contribution in [0.4, 0.5) is 0 Å². The number of ether oxygens (including phenoxy) is 1. The largest absolute Gasteiger partial charge is 0.484 e. The Morgan fingerprint density at radius 2 is 1.59 bits per heavy atom. The lowest BCUT2D eigenvalue weighted by Crippen LogP contribution is -2.50. The third-order valence-electron chi connectivity index (χ3n) is 5.72. The lowest BCUT2D eigenvalue weighted by molar-refractivity contribution is -0.142. The molecule has 174 valence electrons. The van der Waals surface area contributed by atoms with Crippen LogP contribution in [0.1, 0.15) is 64.7 Å². The molecule has 2 atom stereocenters. The molecule has 5 heteroatoms. The second-order valence-electron chi connectivity index (χ2n) is 9.56. The molecule has 2 unspecified atom stereocenters. The first-order chi connectivity index (χ1) is 15.0. The van der Waals surface area contributed by atoms with Gasteiger partial charge in [0.1, 0.15) is 11.8 Å². The highest BCUT2D eigenvalue weighted by molar-refractivity contribution is 5.88. The van der Waals surface area contributed by atoms with Gasteiger partial charge >= 0.3 is 0 Å². The van der Waals surface area contributed by atoms with Crippen LogP contribution < -0.4 is 10.1 Å². The van der Waals surface area contributed by atoms with Crippen LogP contribution in [0.3, 0.4) is 0 Å². The summed E-state index contributed by atoms with van der Waals surface area (Å²) < 4.78 is 5.78. The quantitative estimate of drug-likeness (QED) is 0.599. The molecule has 0 fully saturated rings. The zero-order chi connectivity index (χ0) is 23.9. The number of carbonyl (C=O) groups is 2. The fourth-order valence-electron chi connectivity index (χ4n) is 3.22. The highest BCUT2D eigenvalue weighted by atomic mass is 16.5. The normalized spacial score (nSPS) is 13.2. The number of benzene rings is 2. The van der Waals surface area contributed by atoms with Gasteiger partial charge in [0.2, 0.25) is 5.91 Å². The van der Waals surface area contributed by atoms with Crippen molar-refractivity contribution in [2.24, 2.45) is 0 Å². The van der Waals surface area contributed by atoms with E-state index in [2.05, 4.69) is 26.1 Å². The number of amides is 2. The molecule has 0 saturated carbocycles. The SMILES string of the molecule is CCC(C)NC(=O)C(C)N(Cc1ccc(C)cc1)C(=O)COc1ccc(C(C)(C)C)cc1. The average Bonchev–Trinajstić information content (AvgIpc) is 2.76. The highest BCUT2D eigenvalue weighted by Crippen LogP contribution is 2.24. The number of nitrogens with one attached hydrogen (secondary N) is 1. The van der Waals surface area contributed by atoms with Crippen molar-refractivity contribution < 1.29 is 14.3 Å². The number of carbonyl (C=O) groups excluding carboxylic acids is 2. The summed E-state index contributed by atoms with van der Waals surface area (Å²) in [5.41, 5.74) is 3.38. The summed E-state index contributed by atoms with van der Waals surface area (Å²) in [6, 6.07) is 15.3. The van der Waals surface area contributed by atoms with Gasteiger partial charge in [0.05, 0.1) is 0 Å². The van der Waals surface area contributed by atoms with Crippen LogP contribution >= 0.6 is 0 Å². The van der Waals surface area contributed by atoms with Gasteiger partial charge in [-0.05, 0) is 55.9 Å². The number of aryl methyl sites for hydroxylation is 1. The maximum absolute atomic E-state index is 13.1. The van der Waals surface area contributed by atoms with Gasteiger partial charge < -0.3 is 15.0 Å². The van der Waals surface area contributed by atoms with E-state index in [0.717, 1.165) is 17.5 Å². The molecular formula is C27H38N2O3. The average molecular weight is 439 g/mol. The fraction of sp³-hybridized carbons (Fsp3) is 0.481. The fourth-order valence-corrected chi connectivity index (χ4v) is 3.22. The van der Waals surface area contributed by atoms with Crippen LogP contribution in [0.15, 0.2) is 48.5 Å². The number of rotatable bonds is 9. The van der Waals surface area contributed by atoms with E-state index < -0.39 is 6.04 Å². The number of nitrogens with zero attached hydrogens (tertiary/aromatic N) is 1. The van der Waals surface area contributed by atoms with E-state index in [-0.39, 0.29) is 29.9 Å². The van der Waals surface area contributed by atoms with Crippen molar-refractivity contribution in [3.8, 4) is 5.75 Å². The maximum atomic E-state index is 13.1. The molecule has 0 spiro atoms. The van der Waals surface area contributed by atoms with Gasteiger partial charge in [0.15, 0.2) is 6.61 Å². The van der Waals surface area contributed by atoms with Gasteiger partial charge in [-0.25, -0.2) is 0 Å². The van der Waals surface area contributed by atoms with Crippen LogP contribution in [0.5, 0.6) is 5.75 Å². The Bertz CT molecular complexity index is 883. The zero-order valence-electron chi connectivity index (χ0n) is 20.6. The molecule has 5 nitrogen and oxygen atoms in total. The first-order valence-electron chi connectivity index (χ1n) is 11.4. The summed E-state index contributed by atoms with van der Waals surface area (Å²) in [7, 11) is 0. The maximum Gasteiger partial charge on any atom is 0.261 e. The van der Waals surface area contributed by atoms with E-state index in [1.165, 1.54) is 5.56 Å². The Labute approximate surface area is 193 Å². The molecule has 2 amide bonds. The monoisotopic (exact) mass is 438 g/mol. The Morgan fingerprint density at radius 1 is 1.00 bits per heavy atom. The van der Waals surface area contributed by atoms with Crippen molar-refractivity contribution >= 4 is 11.8 Å². The molecule has 32 heavy (non-hydrogen) atoms. The predicted molar refractivity (Wildman–Crippen MR) is 130 cm³/mol. The second-order valence-corrected chi connectivity index (χ2v) is 9.56. The molecular weight excluding hydrogens is 400 g/mol. The van der Waals surface area contributed by atoms with Crippen molar-refractivity contribution in [1.82, 2.24) is 10.2 Å². The minimum atomic E-state index is -0.607. The minimum absolute atomic E-state index is 0.0532. The molecule has 2 aromatic rings. The zero-order valence-corrected chi connectivity index (χ0v) is 20.6. The molecule has 0 aliphatic heterocycles. The van der Waals surface area contributed by atoms with E-state index in [9.17, 15) is 9.59 Å². The second kappa shape index (κ2) is 11.2. The van der Waals surface area contributed by atoms with E-state index in [1.807, 2.05) is 69.3 Å². The summed E-state index contributed by atoms with van der Waals surface area (Å²) in [5.74, 6) is 0.255. The van der Waals surface area contributed by atoms with Gasteiger partial charge in [0.25, 0.3) is 5.91 Å².